The van der Waals surface area contributed by atoms with E-state index in [1.165, 1.54) is 17.4 Å². The smallest absolute Gasteiger partial charge is 0.188 e. The van der Waals surface area contributed by atoms with Crippen LogP contribution in [0.5, 0.6) is 11.5 Å². The molecule has 1 fully saturated rings. The first kappa shape index (κ1) is 21.4. The van der Waals surface area contributed by atoms with Gasteiger partial charge in [-0.2, -0.15) is 0 Å². The number of piperidine rings is 1. The molecule has 0 aliphatic carbocycles. The van der Waals surface area contributed by atoms with Crippen molar-refractivity contribution in [2.75, 3.05) is 37.8 Å². The highest BCUT2D eigenvalue weighted by atomic mass is 35.5. The SMILES string of the molecule is OCC1(CO)COc2c(cccc2N2CCC(CCc3c[nH]c4cc(Cl)ccc34)CC2)O1. The summed E-state index contributed by atoms with van der Waals surface area (Å²) in [7, 11) is 0. The van der Waals surface area contributed by atoms with E-state index in [-0.39, 0.29) is 19.8 Å². The third kappa shape index (κ3) is 4.03. The summed E-state index contributed by atoms with van der Waals surface area (Å²) in [6, 6.07) is 11.9. The van der Waals surface area contributed by atoms with Crippen LogP contribution in [0.4, 0.5) is 5.69 Å². The zero-order valence-electron chi connectivity index (χ0n) is 18.0. The van der Waals surface area contributed by atoms with Gasteiger partial charge in [0.15, 0.2) is 17.1 Å². The lowest BCUT2D eigenvalue weighted by molar-refractivity contribution is -0.0786. The van der Waals surface area contributed by atoms with Crippen molar-refractivity contribution < 1.29 is 19.7 Å². The van der Waals surface area contributed by atoms with Crippen LogP contribution < -0.4 is 14.4 Å². The van der Waals surface area contributed by atoms with Crippen LogP contribution in [0.3, 0.4) is 0 Å². The predicted molar refractivity (Wildman–Crippen MR) is 126 cm³/mol. The molecule has 6 nitrogen and oxygen atoms in total. The van der Waals surface area contributed by atoms with E-state index in [1.54, 1.807) is 0 Å². The van der Waals surface area contributed by atoms with E-state index in [0.29, 0.717) is 17.4 Å². The molecule has 1 aromatic heterocycles. The van der Waals surface area contributed by atoms with Crippen LogP contribution in [0.15, 0.2) is 42.6 Å². The van der Waals surface area contributed by atoms with Gasteiger partial charge in [0.25, 0.3) is 0 Å². The summed E-state index contributed by atoms with van der Waals surface area (Å²) >= 11 is 6.10. The summed E-state index contributed by atoms with van der Waals surface area (Å²) in [5.41, 5.74) is 2.41. The Labute approximate surface area is 192 Å². The first-order valence-corrected chi connectivity index (χ1v) is 11.7. The van der Waals surface area contributed by atoms with Gasteiger partial charge in [-0.1, -0.05) is 23.7 Å². The number of hydrogen-bond acceptors (Lipinski definition) is 5. The Morgan fingerprint density at radius 2 is 1.94 bits per heavy atom. The molecule has 0 saturated carbocycles. The first-order chi connectivity index (χ1) is 15.6. The number of aromatic amines is 1. The number of halogens is 1. The third-order valence-corrected chi connectivity index (χ3v) is 7.08. The average Bonchev–Trinajstić information content (AvgIpc) is 3.24. The lowest BCUT2D eigenvalue weighted by Gasteiger charge is -2.39. The normalized spacial score (nSPS) is 18.3. The van der Waals surface area contributed by atoms with Gasteiger partial charge in [-0.15, -0.1) is 0 Å². The van der Waals surface area contributed by atoms with Gasteiger partial charge in [0.1, 0.15) is 6.61 Å². The first-order valence-electron chi connectivity index (χ1n) is 11.3. The molecule has 3 aromatic rings. The van der Waals surface area contributed by atoms with Crippen molar-refractivity contribution in [2.45, 2.75) is 31.3 Å². The van der Waals surface area contributed by atoms with Crippen LogP contribution in [0.25, 0.3) is 10.9 Å². The quantitative estimate of drug-likeness (QED) is 0.519. The monoisotopic (exact) mass is 456 g/mol. The lowest BCUT2D eigenvalue weighted by Crippen LogP contribution is -2.51. The maximum absolute atomic E-state index is 9.62. The number of aryl methyl sites for hydroxylation is 1. The number of aliphatic hydroxyl groups excluding tert-OH is 2. The maximum atomic E-state index is 9.62. The molecule has 0 unspecified atom stereocenters. The van der Waals surface area contributed by atoms with Crippen LogP contribution in [0, 0.1) is 5.92 Å². The molecule has 0 radical (unpaired) electrons. The van der Waals surface area contributed by atoms with E-state index in [4.69, 9.17) is 21.1 Å². The van der Waals surface area contributed by atoms with Crippen molar-refractivity contribution in [3.8, 4) is 11.5 Å². The number of benzene rings is 2. The van der Waals surface area contributed by atoms with Crippen LogP contribution in [-0.4, -0.2) is 53.7 Å². The molecule has 3 N–H and O–H groups in total. The average molecular weight is 457 g/mol. The number of nitrogens with zero attached hydrogens (tertiary/aromatic N) is 1. The molecule has 2 aromatic carbocycles. The van der Waals surface area contributed by atoms with Gasteiger partial charge in [0, 0.05) is 35.2 Å². The van der Waals surface area contributed by atoms with E-state index in [1.807, 2.05) is 24.3 Å². The summed E-state index contributed by atoms with van der Waals surface area (Å²) in [5.74, 6) is 1.98. The van der Waals surface area contributed by atoms with Gasteiger partial charge in [-0.25, -0.2) is 0 Å². The fourth-order valence-corrected chi connectivity index (χ4v) is 5.01. The van der Waals surface area contributed by atoms with Crippen LogP contribution in [-0.2, 0) is 6.42 Å². The summed E-state index contributed by atoms with van der Waals surface area (Å²) in [6.45, 7) is 1.50. The highest BCUT2D eigenvalue weighted by Crippen LogP contribution is 2.43. The fourth-order valence-electron chi connectivity index (χ4n) is 4.84. The second-order valence-corrected chi connectivity index (χ2v) is 9.40. The van der Waals surface area contributed by atoms with Crippen molar-refractivity contribution in [1.82, 2.24) is 4.98 Å². The molecule has 0 amide bonds. The van der Waals surface area contributed by atoms with Crippen molar-refractivity contribution in [1.29, 1.82) is 0 Å². The zero-order chi connectivity index (χ0) is 22.1. The maximum Gasteiger partial charge on any atom is 0.188 e. The molecule has 2 aliphatic heterocycles. The highest BCUT2D eigenvalue weighted by Gasteiger charge is 2.38. The van der Waals surface area contributed by atoms with Gasteiger partial charge in [0.05, 0.1) is 18.9 Å². The number of para-hydroxylation sites is 1. The predicted octanol–water partition coefficient (Wildman–Crippen LogP) is 4.17. The molecular formula is C25H29ClN2O4. The number of hydrogen-bond donors (Lipinski definition) is 3. The minimum absolute atomic E-state index is 0.135. The van der Waals surface area contributed by atoms with Gasteiger partial charge < -0.3 is 29.6 Å². The van der Waals surface area contributed by atoms with Gasteiger partial charge in [-0.05, 0) is 61.4 Å². The number of aliphatic hydroxyl groups is 2. The number of H-pyrrole nitrogens is 1. The molecule has 2 aliphatic rings. The van der Waals surface area contributed by atoms with Crippen LogP contribution in [0.2, 0.25) is 5.02 Å². The minimum Gasteiger partial charge on any atom is -0.483 e. The Hall–Kier alpha value is -2.41. The Morgan fingerprint density at radius 3 is 2.72 bits per heavy atom. The number of aromatic nitrogens is 1. The van der Waals surface area contributed by atoms with Crippen molar-refractivity contribution in [3.05, 3.63) is 53.2 Å². The Morgan fingerprint density at radius 1 is 1.12 bits per heavy atom. The Balaban J connectivity index is 1.21. The molecule has 5 rings (SSSR count). The van der Waals surface area contributed by atoms with Gasteiger partial charge in [-0.3, -0.25) is 0 Å². The van der Waals surface area contributed by atoms with Crippen LogP contribution >= 0.6 is 11.6 Å². The number of anilines is 1. The van der Waals surface area contributed by atoms with E-state index in [2.05, 4.69) is 28.2 Å². The number of ether oxygens (including phenoxy) is 2. The molecule has 0 spiro atoms. The fraction of sp³-hybridized carbons (Fsp3) is 0.440. The summed E-state index contributed by atoms with van der Waals surface area (Å²) in [6.07, 6.45) is 6.62. The van der Waals surface area contributed by atoms with Gasteiger partial charge in [0.2, 0.25) is 0 Å². The minimum atomic E-state index is -1.08. The highest BCUT2D eigenvalue weighted by molar-refractivity contribution is 6.31. The van der Waals surface area contributed by atoms with Crippen molar-refractivity contribution in [2.24, 2.45) is 5.92 Å². The molecule has 1 saturated heterocycles. The van der Waals surface area contributed by atoms with E-state index in [9.17, 15) is 10.2 Å². The lowest BCUT2D eigenvalue weighted by atomic mass is 9.90. The molecule has 0 bridgehead atoms. The van der Waals surface area contributed by atoms with E-state index < -0.39 is 5.60 Å². The van der Waals surface area contributed by atoms with Crippen molar-refractivity contribution in [3.63, 3.8) is 0 Å². The van der Waals surface area contributed by atoms with Gasteiger partial charge >= 0.3 is 0 Å². The van der Waals surface area contributed by atoms with E-state index >= 15 is 0 Å². The Kier molecular flexibility index (Phi) is 5.93. The largest absolute Gasteiger partial charge is 0.483 e. The molecule has 3 heterocycles. The van der Waals surface area contributed by atoms with E-state index in [0.717, 1.165) is 48.6 Å². The second-order valence-electron chi connectivity index (χ2n) is 8.97. The third-order valence-electron chi connectivity index (χ3n) is 6.85. The summed E-state index contributed by atoms with van der Waals surface area (Å²) < 4.78 is 11.9. The summed E-state index contributed by atoms with van der Waals surface area (Å²) in [5, 5.41) is 21.3. The Bertz CT molecular complexity index is 1090. The molecule has 0 atom stereocenters. The molecule has 170 valence electrons. The van der Waals surface area contributed by atoms with Crippen LogP contribution in [0.1, 0.15) is 24.8 Å². The molecular weight excluding hydrogens is 428 g/mol. The van der Waals surface area contributed by atoms with Crippen molar-refractivity contribution >= 4 is 28.2 Å². The second kappa shape index (κ2) is 8.85. The number of fused-ring (bicyclic) bond motifs is 2. The number of nitrogens with one attached hydrogen (secondary N) is 1. The molecule has 32 heavy (non-hydrogen) atoms. The topological polar surface area (TPSA) is 78.0 Å². The standard InChI is InChI=1S/C25H29ClN2O4/c26-19-6-7-20-18(13-27-21(20)12-19)5-4-17-8-10-28(11-9-17)22-2-1-3-23-24(22)31-16-25(14-29,15-30)32-23/h1-3,6-7,12-13,17,27,29-30H,4-5,8-11,14-16H2. The zero-order valence-corrected chi connectivity index (χ0v) is 18.8. The summed E-state index contributed by atoms with van der Waals surface area (Å²) in [4.78, 5) is 5.70. The molecule has 7 heteroatoms. The number of rotatable bonds is 6.